The number of aliphatic hydroxyl groups excluding tert-OH is 8. The highest BCUT2D eigenvalue weighted by molar-refractivity contribution is 8.77. The fourth-order valence-corrected chi connectivity index (χ4v) is 15.5. The second kappa shape index (κ2) is 56.3. The lowest BCUT2D eigenvalue weighted by Gasteiger charge is -2.22. The molecule has 0 bridgehead atoms. The summed E-state index contributed by atoms with van der Waals surface area (Å²) in [5.41, 5.74) is 12.9. The zero-order valence-corrected chi connectivity index (χ0v) is 68.4. The van der Waals surface area contributed by atoms with E-state index in [9.17, 15) is 45.6 Å². The van der Waals surface area contributed by atoms with E-state index in [0.29, 0.717) is 71.6 Å². The van der Waals surface area contributed by atoms with Gasteiger partial charge in [-0.1, -0.05) is 116 Å². The maximum absolute atomic E-state index is 12.3. The largest absolute Gasteiger partial charge is 0.748 e. The molecule has 27 heteroatoms. The van der Waals surface area contributed by atoms with Gasteiger partial charge in [0.05, 0.1) is 74.5 Å². The van der Waals surface area contributed by atoms with Crippen molar-refractivity contribution >= 4 is 131 Å². The first-order valence-electron chi connectivity index (χ1n) is 38.0. The van der Waals surface area contributed by atoms with Crippen LogP contribution in [0.1, 0.15) is 70.5 Å². The number of rotatable bonds is 51. The Balaban J connectivity index is 0.000000335. The number of hydrogen-bond donors (Lipinski definition) is 10. The molecule has 0 spiro atoms. The number of carbonyl (C=O) groups excluding carboxylic acids is 1. The predicted molar refractivity (Wildman–Crippen MR) is 463 cm³/mol. The quantitative estimate of drug-likeness (QED) is 0.00749. The highest BCUT2D eigenvalue weighted by Crippen LogP contribution is 2.25. The van der Waals surface area contributed by atoms with Crippen molar-refractivity contribution in [3.63, 3.8) is 0 Å². The number of carbonyl (C=O) groups is 1. The number of anilines is 4. The van der Waals surface area contributed by atoms with Gasteiger partial charge in [0.25, 0.3) is 0 Å². The molecule has 4 aromatic carbocycles. The summed E-state index contributed by atoms with van der Waals surface area (Å²) in [5.74, 6) is 3.99. The van der Waals surface area contributed by atoms with Crippen molar-refractivity contribution in [2.24, 2.45) is 0 Å². The number of nitrogens with one attached hydrogen (secondary N) is 2. The molecule has 0 radical (unpaired) electrons. The van der Waals surface area contributed by atoms with Gasteiger partial charge in [0.1, 0.15) is 13.1 Å². The van der Waals surface area contributed by atoms with Gasteiger partial charge in [0, 0.05) is 186 Å². The van der Waals surface area contributed by atoms with Gasteiger partial charge in [-0.15, -0.1) is 0 Å². The van der Waals surface area contributed by atoms with E-state index in [4.69, 9.17) is 13.0 Å². The van der Waals surface area contributed by atoms with Crippen molar-refractivity contribution in [2.75, 3.05) is 174 Å². The van der Waals surface area contributed by atoms with Crippen LogP contribution in [0.15, 0.2) is 195 Å². The van der Waals surface area contributed by atoms with Crippen molar-refractivity contribution in [2.45, 2.75) is 51.9 Å². The van der Waals surface area contributed by atoms with Gasteiger partial charge in [-0.2, -0.15) is 9.13 Å². The molecular weight excluding hydrogens is 1510 g/mol. The van der Waals surface area contributed by atoms with Crippen molar-refractivity contribution < 1.29 is 76.9 Å². The molecule has 0 aliphatic heterocycles. The van der Waals surface area contributed by atoms with Gasteiger partial charge in [-0.05, 0) is 119 Å². The Hall–Kier alpha value is -7.94. The molecule has 8 aromatic rings. The van der Waals surface area contributed by atoms with Crippen LogP contribution in [0.25, 0.3) is 48.6 Å². The molecule has 1 amide bonds. The van der Waals surface area contributed by atoms with Gasteiger partial charge in [0.15, 0.2) is 50.3 Å². The Morgan fingerprint density at radius 3 is 0.982 bits per heavy atom. The van der Waals surface area contributed by atoms with E-state index < -0.39 is 10.1 Å². The minimum atomic E-state index is -3.92. The van der Waals surface area contributed by atoms with E-state index in [0.717, 1.165) is 149 Å². The van der Waals surface area contributed by atoms with E-state index in [2.05, 4.69) is 212 Å². The molecule has 0 saturated heterocycles. The molecule has 112 heavy (non-hydrogen) atoms. The van der Waals surface area contributed by atoms with E-state index in [-0.39, 0.29) is 58.8 Å². The lowest BCUT2D eigenvalue weighted by molar-refractivity contribution is -0.697. The van der Waals surface area contributed by atoms with Crippen molar-refractivity contribution in [1.29, 1.82) is 0 Å². The highest BCUT2D eigenvalue weighted by Gasteiger charge is 2.14. The van der Waals surface area contributed by atoms with Gasteiger partial charge in [0.2, 0.25) is 17.3 Å². The predicted octanol–water partition coefficient (Wildman–Crippen LogP) is 7.96. The Morgan fingerprint density at radius 2 is 0.652 bits per heavy atom. The number of aliphatic hydroxyl groups is 8. The van der Waals surface area contributed by atoms with Gasteiger partial charge < -0.3 is 75.6 Å². The first-order chi connectivity index (χ1) is 54.6. The van der Waals surface area contributed by atoms with Gasteiger partial charge >= 0.3 is 0 Å². The molecule has 4 heterocycles. The summed E-state index contributed by atoms with van der Waals surface area (Å²) < 4.78 is 36.1. The van der Waals surface area contributed by atoms with E-state index in [1.807, 2.05) is 113 Å². The van der Waals surface area contributed by atoms with Crippen LogP contribution in [0.3, 0.4) is 0 Å². The highest BCUT2D eigenvalue weighted by atomic mass is 33.1. The number of hydrogen-bond acceptors (Lipinski definition) is 21. The second-order valence-corrected chi connectivity index (χ2v) is 32.5. The van der Waals surface area contributed by atoms with Gasteiger partial charge in [-0.3, -0.25) is 4.79 Å². The first-order valence-corrected chi connectivity index (χ1v) is 44.8. The van der Waals surface area contributed by atoms with Crippen molar-refractivity contribution in [3.8, 4) is 0 Å². The fourth-order valence-electron chi connectivity index (χ4n) is 11.5. The van der Waals surface area contributed by atoms with Crippen LogP contribution in [0.4, 0.5) is 22.7 Å². The third-order valence-electron chi connectivity index (χ3n) is 17.3. The van der Waals surface area contributed by atoms with Crippen molar-refractivity contribution in [1.82, 2.24) is 10.6 Å². The number of aromatic nitrogens is 4. The zero-order valence-electron chi connectivity index (χ0n) is 64.3. The standard InChI is InChI=1S/C46H63N6O5S2.C38H48N4O4S2.CH4O3S/c53-34-30-51(31-35-54)44-12-8-40(9-13-44)4-6-42-16-26-49(27-17-42)24-1-21-47-22-3-38-58-59-39-20-46(57)48-23-2-25-50-28-18-43(19-29-50)7-5-41-10-14-45(15-11-41)52(32-36-55)33-37-56;43-27-21-41(22-28-44)37-15-9-33(10-16-37)7-13-35-5-1-3-19-39(35)25-31-47-48-32-26-40-20-4-2-6-36(40)14-8-34-11-17-38(18-12-34)42(23-29-45)24-30-46;1-5(2,3)4/h4-19,26-29,47,53-56H,1-3,20-25,30-39H2;1-20,43-46H,21-32H2;1H3,(H,2,3,4)/q+1;+2;. The lowest BCUT2D eigenvalue weighted by atomic mass is 10.1. The van der Waals surface area contributed by atoms with Crippen LogP contribution in [0.2, 0.25) is 0 Å². The molecule has 0 unspecified atom stereocenters. The van der Waals surface area contributed by atoms with Crippen LogP contribution < -0.4 is 48.5 Å². The van der Waals surface area contributed by atoms with Crippen LogP contribution >= 0.6 is 43.2 Å². The Kier molecular flexibility index (Phi) is 46.7. The molecule has 0 fully saturated rings. The maximum atomic E-state index is 12.3. The van der Waals surface area contributed by atoms with E-state index in [1.54, 1.807) is 10.8 Å². The average Bonchev–Trinajstić information content (AvgIpc) is 0.858. The molecule has 0 atom stereocenters. The molecule has 604 valence electrons. The maximum Gasteiger partial charge on any atom is 0.220 e. The second-order valence-electron chi connectivity index (χ2n) is 25.7. The van der Waals surface area contributed by atoms with Gasteiger partial charge in [-0.25, -0.2) is 17.6 Å². The molecule has 4 aromatic heterocycles. The summed E-state index contributed by atoms with van der Waals surface area (Å²) in [6.07, 6.45) is 33.7. The molecule has 22 nitrogen and oxygen atoms in total. The summed E-state index contributed by atoms with van der Waals surface area (Å²) >= 11 is 0. The average molecular weight is 1630 g/mol. The van der Waals surface area contributed by atoms with Crippen LogP contribution in [0, 0.1) is 0 Å². The molecule has 0 aliphatic rings. The third kappa shape index (κ3) is 38.7. The minimum absolute atomic E-state index is 0.0465. The zero-order chi connectivity index (χ0) is 80.1. The Morgan fingerprint density at radius 1 is 0.366 bits per heavy atom. The van der Waals surface area contributed by atoms with Crippen LogP contribution in [0.5, 0.6) is 0 Å². The molecule has 0 aliphatic carbocycles. The molecular formula is C85H115N10O12S5+3. The Labute approximate surface area is 678 Å². The molecule has 10 N–H and O–H groups in total. The van der Waals surface area contributed by atoms with E-state index in [1.165, 1.54) is 0 Å². The topological polar surface area (TPSA) is 289 Å². The van der Waals surface area contributed by atoms with Crippen LogP contribution in [-0.2, 0) is 41.1 Å². The monoisotopic (exact) mass is 1630 g/mol. The fraction of sp³-hybridized carbons (Fsp3) is 0.376. The number of amides is 1. The number of benzene rings is 4. The van der Waals surface area contributed by atoms with Crippen LogP contribution in [-0.4, -0.2) is 214 Å². The molecule has 0 saturated carbocycles. The Bertz CT molecular complexity index is 3950. The summed E-state index contributed by atoms with van der Waals surface area (Å²) in [6, 6.07) is 53.5. The summed E-state index contributed by atoms with van der Waals surface area (Å²) in [7, 11) is 3.49. The smallest absolute Gasteiger partial charge is 0.220 e. The number of pyridine rings is 4. The summed E-state index contributed by atoms with van der Waals surface area (Å²) in [4.78, 5) is 20.2. The first kappa shape index (κ1) is 92.9. The minimum Gasteiger partial charge on any atom is -0.748 e. The lowest BCUT2D eigenvalue weighted by Crippen LogP contribution is -2.38. The summed E-state index contributed by atoms with van der Waals surface area (Å²) in [5, 5.41) is 80.9. The normalized spacial score (nSPS) is 11.5. The number of aryl methyl sites for hydroxylation is 4. The van der Waals surface area contributed by atoms with Crippen molar-refractivity contribution in [3.05, 3.63) is 240 Å². The molecule has 8 rings (SSSR count). The van der Waals surface area contributed by atoms with E-state index >= 15 is 0 Å². The summed E-state index contributed by atoms with van der Waals surface area (Å²) in [6.45, 7) is 10.6. The third-order valence-corrected chi connectivity index (χ3v) is 22.1. The number of nitrogens with zero attached hydrogens (tertiary/aromatic N) is 8. The SMILES string of the molecule is CS(=O)(=O)[O-].O=C(CCSSCCCNCCC[n+]1ccc(/C=C/c2ccc(N(CCO)CCO)cc2)cc1)NCCC[n+]1ccc(/C=C/c2ccc(N(CCO)CCO)cc2)cc1.OCCN(CCO)c1ccc(/C=C/c2cccc[n+]2CCSSCC[n+]2ccccc2/C=C/c2ccc(N(CCO)CCO)cc2)cc1.